The molecule has 1 amide bonds. The van der Waals surface area contributed by atoms with Crippen molar-refractivity contribution in [3.8, 4) is 5.75 Å². The molecule has 0 spiro atoms. The van der Waals surface area contributed by atoms with Crippen LogP contribution in [-0.2, 0) is 0 Å². The number of aromatic nitrogens is 3. The average molecular weight is 413 g/mol. The minimum Gasteiger partial charge on any atom is -0.484 e. The fourth-order valence-corrected chi connectivity index (χ4v) is 2.80. The minimum absolute atomic E-state index is 0.0149. The molecule has 0 bridgehead atoms. The molecule has 11 heteroatoms. The predicted molar refractivity (Wildman–Crippen MR) is 96.1 cm³/mol. The van der Waals surface area contributed by atoms with E-state index in [4.69, 9.17) is 15.0 Å². The highest BCUT2D eigenvalue weighted by atomic mass is 19.4. The van der Waals surface area contributed by atoms with Crippen LogP contribution >= 0.6 is 0 Å². The van der Waals surface area contributed by atoms with Crippen LogP contribution < -0.4 is 15.8 Å². The van der Waals surface area contributed by atoms with Gasteiger partial charge >= 0.3 is 12.2 Å². The van der Waals surface area contributed by atoms with E-state index in [1.807, 2.05) is 20.8 Å². The monoisotopic (exact) mass is 413 g/mol. The number of nitrogens with one attached hydrogen (secondary N) is 1. The molecule has 1 fully saturated rings. The molecule has 158 valence electrons. The van der Waals surface area contributed by atoms with Crippen LogP contribution in [0.5, 0.6) is 5.75 Å². The van der Waals surface area contributed by atoms with Crippen molar-refractivity contribution in [2.75, 3.05) is 12.3 Å². The van der Waals surface area contributed by atoms with Gasteiger partial charge in [-0.25, -0.2) is 0 Å². The van der Waals surface area contributed by atoms with E-state index in [2.05, 4.69) is 20.4 Å². The average Bonchev–Trinajstić information content (AvgIpc) is 3.37. The van der Waals surface area contributed by atoms with Crippen molar-refractivity contribution < 1.29 is 27.2 Å². The standard InChI is InChI=1S/C18H22F3N5O3/c1-17(2,3)13(14-25-16(22)29-26-14)24-15(27)11-6-12(28-8-18(19,20)21)10(7-23-11)9-4-5-9/h6-7,9,13H,4-5,8H2,1-3H3,(H,24,27)(H2,22,25,26). The summed E-state index contributed by atoms with van der Waals surface area (Å²) in [5, 5.41) is 6.50. The number of anilines is 1. The smallest absolute Gasteiger partial charge is 0.422 e. The molecular formula is C18H22F3N5O3. The molecular weight excluding hydrogens is 391 g/mol. The first kappa shape index (κ1) is 20.9. The summed E-state index contributed by atoms with van der Waals surface area (Å²) in [5.74, 6) is -0.299. The summed E-state index contributed by atoms with van der Waals surface area (Å²) in [6, 6.07) is 0.428. The number of pyridine rings is 1. The predicted octanol–water partition coefficient (Wildman–Crippen LogP) is 3.38. The molecule has 0 aliphatic heterocycles. The number of alkyl halides is 3. The van der Waals surface area contributed by atoms with E-state index in [-0.39, 0.29) is 29.2 Å². The van der Waals surface area contributed by atoms with E-state index in [9.17, 15) is 18.0 Å². The van der Waals surface area contributed by atoms with Crippen LogP contribution in [0.25, 0.3) is 0 Å². The van der Waals surface area contributed by atoms with E-state index in [0.717, 1.165) is 12.8 Å². The second-order valence-corrected chi connectivity index (χ2v) is 8.05. The number of amides is 1. The Morgan fingerprint density at radius 3 is 2.59 bits per heavy atom. The van der Waals surface area contributed by atoms with Gasteiger partial charge in [0.25, 0.3) is 5.91 Å². The maximum Gasteiger partial charge on any atom is 0.422 e. The first-order chi connectivity index (χ1) is 13.4. The first-order valence-electron chi connectivity index (χ1n) is 9.03. The van der Waals surface area contributed by atoms with Gasteiger partial charge in [0.1, 0.15) is 11.4 Å². The second kappa shape index (κ2) is 7.53. The number of hydrogen-bond acceptors (Lipinski definition) is 7. The third kappa shape index (κ3) is 5.36. The number of nitrogens with zero attached hydrogens (tertiary/aromatic N) is 3. The number of carbonyl (C=O) groups excluding carboxylic acids is 1. The first-order valence-corrected chi connectivity index (χ1v) is 9.03. The van der Waals surface area contributed by atoms with Gasteiger partial charge in [0, 0.05) is 17.8 Å². The molecule has 1 saturated carbocycles. The van der Waals surface area contributed by atoms with Gasteiger partial charge in [0.2, 0.25) is 0 Å². The lowest BCUT2D eigenvalue weighted by atomic mass is 9.86. The fraction of sp³-hybridized carbons (Fsp3) is 0.556. The molecule has 2 aromatic rings. The largest absolute Gasteiger partial charge is 0.484 e. The molecule has 3 rings (SSSR count). The van der Waals surface area contributed by atoms with Crippen molar-refractivity contribution in [1.82, 2.24) is 20.4 Å². The van der Waals surface area contributed by atoms with E-state index in [1.54, 1.807) is 0 Å². The quantitative estimate of drug-likeness (QED) is 0.746. The summed E-state index contributed by atoms with van der Waals surface area (Å²) < 4.78 is 47.5. The second-order valence-electron chi connectivity index (χ2n) is 8.05. The number of rotatable bonds is 6. The summed E-state index contributed by atoms with van der Waals surface area (Å²) in [6.45, 7) is 4.12. The summed E-state index contributed by atoms with van der Waals surface area (Å²) >= 11 is 0. The number of carbonyl (C=O) groups is 1. The molecule has 0 saturated heterocycles. The molecule has 8 nitrogen and oxygen atoms in total. The molecule has 1 atom stereocenters. The molecule has 0 aromatic carbocycles. The lowest BCUT2D eigenvalue weighted by Crippen LogP contribution is -2.37. The molecule has 1 aliphatic rings. The molecule has 3 N–H and O–H groups in total. The van der Waals surface area contributed by atoms with Crippen LogP contribution in [0.4, 0.5) is 19.2 Å². The molecule has 29 heavy (non-hydrogen) atoms. The normalized spacial score (nSPS) is 15.8. The van der Waals surface area contributed by atoms with Crippen molar-refractivity contribution >= 4 is 11.9 Å². The SMILES string of the molecule is CC(C)(C)C(NC(=O)c1cc(OCC(F)(F)F)c(C2CC2)cn1)c1noc(N)n1. The Hall–Kier alpha value is -2.85. The third-order valence-corrected chi connectivity index (χ3v) is 4.39. The Morgan fingerprint density at radius 2 is 2.07 bits per heavy atom. The molecule has 2 aromatic heterocycles. The van der Waals surface area contributed by atoms with Gasteiger partial charge in [-0.2, -0.15) is 18.2 Å². The minimum atomic E-state index is -4.48. The molecule has 2 heterocycles. The van der Waals surface area contributed by atoms with Gasteiger partial charge < -0.3 is 20.3 Å². The molecule has 1 aliphatic carbocycles. The summed E-state index contributed by atoms with van der Waals surface area (Å²) in [5.41, 5.74) is 5.46. The van der Waals surface area contributed by atoms with Crippen molar-refractivity contribution in [2.45, 2.75) is 51.7 Å². The number of nitrogens with two attached hydrogens (primary N) is 1. The van der Waals surface area contributed by atoms with Crippen molar-refractivity contribution in [1.29, 1.82) is 0 Å². The Morgan fingerprint density at radius 1 is 1.38 bits per heavy atom. The van der Waals surface area contributed by atoms with Gasteiger partial charge in [-0.05, 0) is 24.2 Å². The molecule has 0 radical (unpaired) electrons. The Kier molecular flexibility index (Phi) is 5.42. The lowest BCUT2D eigenvalue weighted by Gasteiger charge is -2.28. The number of ether oxygens (including phenoxy) is 1. The van der Waals surface area contributed by atoms with Gasteiger partial charge in [0.05, 0.1) is 6.04 Å². The third-order valence-electron chi connectivity index (χ3n) is 4.39. The lowest BCUT2D eigenvalue weighted by molar-refractivity contribution is -0.153. The van der Waals surface area contributed by atoms with Crippen LogP contribution in [0.15, 0.2) is 16.8 Å². The van der Waals surface area contributed by atoms with Crippen molar-refractivity contribution in [3.63, 3.8) is 0 Å². The highest BCUT2D eigenvalue weighted by Gasteiger charge is 2.34. The van der Waals surface area contributed by atoms with Crippen LogP contribution in [0.2, 0.25) is 0 Å². The fourth-order valence-electron chi connectivity index (χ4n) is 2.80. The number of nitrogen functional groups attached to an aromatic ring is 1. The topological polar surface area (TPSA) is 116 Å². The van der Waals surface area contributed by atoms with Crippen molar-refractivity contribution in [3.05, 3.63) is 29.3 Å². The van der Waals surface area contributed by atoms with E-state index >= 15 is 0 Å². The van der Waals surface area contributed by atoms with Crippen LogP contribution in [-0.4, -0.2) is 33.8 Å². The van der Waals surface area contributed by atoms with E-state index < -0.39 is 30.1 Å². The summed E-state index contributed by atoms with van der Waals surface area (Å²) in [7, 11) is 0. The summed E-state index contributed by atoms with van der Waals surface area (Å²) in [4.78, 5) is 20.8. The molecule has 1 unspecified atom stereocenters. The maximum absolute atomic E-state index is 12.8. The van der Waals surface area contributed by atoms with Crippen LogP contribution in [0.3, 0.4) is 0 Å². The number of hydrogen-bond donors (Lipinski definition) is 2. The number of halogens is 3. The Bertz CT molecular complexity index is 888. The van der Waals surface area contributed by atoms with Crippen LogP contribution in [0, 0.1) is 5.41 Å². The zero-order chi connectivity index (χ0) is 21.4. The van der Waals surface area contributed by atoms with Gasteiger partial charge in [-0.1, -0.05) is 25.9 Å². The Balaban J connectivity index is 1.83. The van der Waals surface area contributed by atoms with E-state index in [1.165, 1.54) is 12.3 Å². The Labute approximate surface area is 165 Å². The van der Waals surface area contributed by atoms with Gasteiger partial charge in [-0.3, -0.25) is 9.78 Å². The zero-order valence-corrected chi connectivity index (χ0v) is 16.2. The highest BCUT2D eigenvalue weighted by Crippen LogP contribution is 2.44. The summed E-state index contributed by atoms with van der Waals surface area (Å²) in [6.07, 6.45) is -1.39. The van der Waals surface area contributed by atoms with Crippen LogP contribution in [0.1, 0.15) is 67.4 Å². The van der Waals surface area contributed by atoms with E-state index in [0.29, 0.717) is 5.56 Å². The van der Waals surface area contributed by atoms with Crippen molar-refractivity contribution in [2.24, 2.45) is 5.41 Å². The van der Waals surface area contributed by atoms with Gasteiger partial charge in [-0.15, -0.1) is 0 Å². The van der Waals surface area contributed by atoms with Gasteiger partial charge in [0.15, 0.2) is 12.4 Å². The highest BCUT2D eigenvalue weighted by molar-refractivity contribution is 5.93. The maximum atomic E-state index is 12.8. The zero-order valence-electron chi connectivity index (χ0n) is 16.2.